The molecule has 1 fully saturated rings. The minimum Gasteiger partial charge on any atom is -0.387 e. The molecule has 1 aliphatic heterocycles. The maximum Gasteiger partial charge on any atom is 0.0981 e. The average molecular weight is 324 g/mol. The normalized spacial score (nSPS) is 21.4. The Bertz CT molecular complexity index is 768. The van der Waals surface area contributed by atoms with Crippen molar-refractivity contribution in [3.05, 3.63) is 60.7 Å². The van der Waals surface area contributed by atoms with Crippen molar-refractivity contribution in [3.63, 3.8) is 0 Å². The third-order valence-electron chi connectivity index (χ3n) is 4.45. The summed E-state index contributed by atoms with van der Waals surface area (Å²) in [6.07, 6.45) is 7.87. The Morgan fingerprint density at radius 2 is 2.00 bits per heavy atom. The third kappa shape index (κ3) is 3.22. The lowest BCUT2D eigenvalue weighted by atomic mass is 10.0. The first-order valence-electron chi connectivity index (χ1n) is 8.08. The van der Waals surface area contributed by atoms with Gasteiger partial charge in [0.05, 0.1) is 24.0 Å². The number of likely N-dealkylation sites (tertiary alicyclic amines) is 1. The first-order valence-corrected chi connectivity index (χ1v) is 8.08. The molecule has 3 heterocycles. The fourth-order valence-electron chi connectivity index (χ4n) is 3.26. The van der Waals surface area contributed by atoms with E-state index in [9.17, 15) is 5.11 Å². The molecule has 124 valence electrons. The summed E-state index contributed by atoms with van der Waals surface area (Å²) in [7, 11) is 0. The van der Waals surface area contributed by atoms with Gasteiger partial charge < -0.3 is 5.11 Å². The van der Waals surface area contributed by atoms with Gasteiger partial charge in [-0.1, -0.05) is 17.3 Å². The van der Waals surface area contributed by atoms with Gasteiger partial charge in [-0.2, -0.15) is 5.10 Å². The molecule has 1 N–H and O–H groups in total. The van der Waals surface area contributed by atoms with Crippen LogP contribution in [0.25, 0.3) is 5.69 Å². The lowest BCUT2D eigenvalue weighted by molar-refractivity contribution is 0.0274. The lowest BCUT2D eigenvalue weighted by Crippen LogP contribution is -2.37. The topological polar surface area (TPSA) is 72.0 Å². The van der Waals surface area contributed by atoms with Crippen LogP contribution in [0.2, 0.25) is 0 Å². The zero-order chi connectivity index (χ0) is 16.4. The predicted molar refractivity (Wildman–Crippen MR) is 88.4 cm³/mol. The molecule has 24 heavy (non-hydrogen) atoms. The molecule has 1 unspecified atom stereocenters. The molecule has 0 aliphatic carbocycles. The van der Waals surface area contributed by atoms with Gasteiger partial charge in [0.2, 0.25) is 0 Å². The van der Waals surface area contributed by atoms with E-state index in [2.05, 4.69) is 44.6 Å². The first kappa shape index (κ1) is 15.0. The van der Waals surface area contributed by atoms with Crippen molar-refractivity contribution in [3.8, 4) is 5.69 Å². The largest absolute Gasteiger partial charge is 0.387 e. The van der Waals surface area contributed by atoms with Crippen LogP contribution in [0.1, 0.15) is 12.0 Å². The van der Waals surface area contributed by atoms with Crippen LogP contribution in [0.3, 0.4) is 0 Å². The second-order valence-corrected chi connectivity index (χ2v) is 6.40. The Hall–Kier alpha value is -2.51. The highest BCUT2D eigenvalue weighted by atomic mass is 16.3. The molecule has 0 radical (unpaired) electrons. The molecule has 0 amide bonds. The van der Waals surface area contributed by atoms with E-state index in [0.717, 1.165) is 25.2 Å². The van der Waals surface area contributed by atoms with E-state index >= 15 is 0 Å². The molecule has 1 saturated heterocycles. The lowest BCUT2D eigenvalue weighted by Gasteiger charge is -2.23. The SMILES string of the molecule is OC1(Cn2ccnn2)CCN(Cc2ccc(-n3cccn3)cc2)C1. The van der Waals surface area contributed by atoms with Gasteiger partial charge in [-0.15, -0.1) is 5.10 Å². The highest BCUT2D eigenvalue weighted by Crippen LogP contribution is 2.24. The molecular weight excluding hydrogens is 304 g/mol. The number of hydrogen-bond donors (Lipinski definition) is 1. The second kappa shape index (κ2) is 6.18. The molecule has 1 atom stereocenters. The molecule has 2 aromatic heterocycles. The van der Waals surface area contributed by atoms with Crippen LogP contribution in [0.5, 0.6) is 0 Å². The Labute approximate surface area is 140 Å². The molecule has 1 aromatic carbocycles. The van der Waals surface area contributed by atoms with Crippen molar-refractivity contribution in [2.75, 3.05) is 13.1 Å². The molecule has 7 heteroatoms. The summed E-state index contributed by atoms with van der Waals surface area (Å²) in [6, 6.07) is 10.3. The van der Waals surface area contributed by atoms with E-state index in [1.165, 1.54) is 5.56 Å². The average Bonchev–Trinajstić information content (AvgIpc) is 3.31. The van der Waals surface area contributed by atoms with Crippen LogP contribution >= 0.6 is 0 Å². The highest BCUT2D eigenvalue weighted by Gasteiger charge is 2.36. The van der Waals surface area contributed by atoms with Crippen molar-refractivity contribution in [2.24, 2.45) is 0 Å². The molecule has 3 aromatic rings. The minimum absolute atomic E-state index is 0.488. The van der Waals surface area contributed by atoms with Crippen molar-refractivity contribution in [1.29, 1.82) is 0 Å². The quantitative estimate of drug-likeness (QED) is 0.761. The van der Waals surface area contributed by atoms with E-state index in [4.69, 9.17) is 0 Å². The van der Waals surface area contributed by atoms with Crippen LogP contribution < -0.4 is 0 Å². The van der Waals surface area contributed by atoms with E-state index in [1.807, 2.05) is 16.9 Å². The van der Waals surface area contributed by atoms with Crippen molar-refractivity contribution in [1.82, 2.24) is 29.7 Å². The van der Waals surface area contributed by atoms with Gasteiger partial charge in [-0.05, 0) is 30.2 Å². The van der Waals surface area contributed by atoms with Gasteiger partial charge in [0.15, 0.2) is 0 Å². The van der Waals surface area contributed by atoms with Gasteiger partial charge in [-0.25, -0.2) is 9.36 Å². The maximum atomic E-state index is 10.7. The maximum absolute atomic E-state index is 10.7. The Balaban J connectivity index is 1.38. The van der Waals surface area contributed by atoms with E-state index in [1.54, 1.807) is 23.3 Å². The number of aromatic nitrogens is 5. The number of β-amino-alcohol motifs (C(OH)–C–C–N with tert-alkyl or cyclic N) is 1. The zero-order valence-electron chi connectivity index (χ0n) is 13.4. The Kier molecular flexibility index (Phi) is 3.87. The first-order chi connectivity index (χ1) is 11.7. The van der Waals surface area contributed by atoms with E-state index in [-0.39, 0.29) is 0 Å². The molecule has 1 aliphatic rings. The van der Waals surface area contributed by atoms with Gasteiger partial charge in [0.1, 0.15) is 0 Å². The van der Waals surface area contributed by atoms with Gasteiger partial charge in [0, 0.05) is 38.2 Å². The summed E-state index contributed by atoms with van der Waals surface area (Å²) in [5, 5.41) is 22.7. The van der Waals surface area contributed by atoms with Crippen LogP contribution in [0.15, 0.2) is 55.1 Å². The van der Waals surface area contributed by atoms with Crippen LogP contribution in [0, 0.1) is 0 Å². The summed E-state index contributed by atoms with van der Waals surface area (Å²) in [6.45, 7) is 2.85. The fraction of sp³-hybridized carbons (Fsp3) is 0.353. The summed E-state index contributed by atoms with van der Waals surface area (Å²) < 4.78 is 3.54. The second-order valence-electron chi connectivity index (χ2n) is 6.40. The van der Waals surface area contributed by atoms with Crippen LogP contribution in [-0.2, 0) is 13.1 Å². The monoisotopic (exact) mass is 324 g/mol. The van der Waals surface area contributed by atoms with Crippen LogP contribution in [-0.4, -0.2) is 53.5 Å². The molecule has 0 bridgehead atoms. The molecular formula is C17H20N6O. The Morgan fingerprint density at radius 3 is 2.71 bits per heavy atom. The van der Waals surface area contributed by atoms with Gasteiger partial charge in [0.25, 0.3) is 0 Å². The number of aliphatic hydroxyl groups is 1. The van der Waals surface area contributed by atoms with Crippen LogP contribution in [0.4, 0.5) is 0 Å². The summed E-state index contributed by atoms with van der Waals surface area (Å²) >= 11 is 0. The van der Waals surface area contributed by atoms with Crippen molar-refractivity contribution in [2.45, 2.75) is 25.1 Å². The standard InChI is InChI=1S/C17H20N6O/c24-17(14-22-11-8-18-20-22)6-10-21(13-17)12-15-2-4-16(5-3-15)23-9-1-7-19-23/h1-5,7-9,11,24H,6,10,12-14H2. The van der Waals surface area contributed by atoms with E-state index < -0.39 is 5.60 Å². The number of nitrogens with zero attached hydrogens (tertiary/aromatic N) is 6. The summed E-state index contributed by atoms with van der Waals surface area (Å²) in [4.78, 5) is 2.28. The van der Waals surface area contributed by atoms with Crippen molar-refractivity contribution < 1.29 is 5.11 Å². The molecule has 0 spiro atoms. The van der Waals surface area contributed by atoms with E-state index in [0.29, 0.717) is 13.1 Å². The smallest absolute Gasteiger partial charge is 0.0981 e. The zero-order valence-corrected chi connectivity index (χ0v) is 13.4. The summed E-state index contributed by atoms with van der Waals surface area (Å²) in [5.41, 5.74) is 1.55. The highest BCUT2D eigenvalue weighted by molar-refractivity contribution is 5.33. The van der Waals surface area contributed by atoms with Gasteiger partial charge >= 0.3 is 0 Å². The predicted octanol–water partition coefficient (Wildman–Crippen LogP) is 1.10. The molecule has 4 rings (SSSR count). The minimum atomic E-state index is -0.733. The molecule has 0 saturated carbocycles. The van der Waals surface area contributed by atoms with Crippen molar-refractivity contribution >= 4 is 0 Å². The number of benzene rings is 1. The Morgan fingerprint density at radius 1 is 1.12 bits per heavy atom. The number of hydrogen-bond acceptors (Lipinski definition) is 5. The van der Waals surface area contributed by atoms with Gasteiger partial charge in [-0.3, -0.25) is 4.90 Å². The summed E-state index contributed by atoms with van der Waals surface area (Å²) in [5.74, 6) is 0. The third-order valence-corrected chi connectivity index (χ3v) is 4.45. The number of rotatable bonds is 5. The molecule has 7 nitrogen and oxygen atoms in total. The fourth-order valence-corrected chi connectivity index (χ4v) is 3.26.